The van der Waals surface area contributed by atoms with Crippen LogP contribution in [0.3, 0.4) is 0 Å². The zero-order valence-corrected chi connectivity index (χ0v) is 19.0. The first-order valence-corrected chi connectivity index (χ1v) is 12.1. The number of rotatable bonds is 6. The molecule has 0 saturated carbocycles. The van der Waals surface area contributed by atoms with Crippen LogP contribution in [-0.2, 0) is 10.0 Å². The lowest BCUT2D eigenvalue weighted by atomic mass is 10.1. The van der Waals surface area contributed by atoms with Gasteiger partial charge in [0.05, 0.1) is 5.69 Å². The van der Waals surface area contributed by atoms with Crippen LogP contribution in [-0.4, -0.2) is 21.4 Å². The van der Waals surface area contributed by atoms with Gasteiger partial charge in [-0.2, -0.15) is 0 Å². The second-order valence-corrected chi connectivity index (χ2v) is 9.87. The van der Waals surface area contributed by atoms with E-state index in [1.54, 1.807) is 35.7 Å². The van der Waals surface area contributed by atoms with Gasteiger partial charge < -0.3 is 5.32 Å². The van der Waals surface area contributed by atoms with Gasteiger partial charge in [-0.3, -0.25) is 9.10 Å². The van der Waals surface area contributed by atoms with Gasteiger partial charge in [0.1, 0.15) is 21.4 Å². The van der Waals surface area contributed by atoms with Crippen LogP contribution in [0, 0.1) is 11.6 Å². The van der Waals surface area contributed by atoms with Crippen molar-refractivity contribution in [2.24, 2.45) is 0 Å². The molecule has 5 nitrogen and oxygen atoms in total. The number of hydrogen-bond donors (Lipinski definition) is 1. The van der Waals surface area contributed by atoms with E-state index < -0.39 is 27.6 Å². The van der Waals surface area contributed by atoms with Crippen molar-refractivity contribution in [2.75, 3.05) is 16.7 Å². The number of amides is 1. The fraction of sp³-hybridized carbons (Fsp3) is 0.0417. The standard InChI is InChI=1S/C24H18F2N2O3S2/c1-28(20-13-9-18(26)10-14-20)33(30,31)23-21(16-5-3-2-4-6-16)15-32-22(23)24(29)27-19-11-7-17(25)8-12-19/h2-15H,1H3,(H,27,29). The first-order valence-electron chi connectivity index (χ1n) is 9.75. The summed E-state index contributed by atoms with van der Waals surface area (Å²) in [6.07, 6.45) is 0. The average Bonchev–Trinajstić information content (AvgIpc) is 3.28. The van der Waals surface area contributed by atoms with E-state index in [0.29, 0.717) is 16.8 Å². The maximum atomic E-state index is 13.7. The first-order chi connectivity index (χ1) is 15.8. The van der Waals surface area contributed by atoms with Gasteiger partial charge in [0.25, 0.3) is 15.9 Å². The third kappa shape index (κ3) is 4.64. The molecule has 0 unspecified atom stereocenters. The zero-order valence-electron chi connectivity index (χ0n) is 17.3. The molecule has 4 rings (SSSR count). The molecule has 0 aliphatic carbocycles. The molecule has 9 heteroatoms. The van der Waals surface area contributed by atoms with Crippen molar-refractivity contribution in [3.63, 3.8) is 0 Å². The number of carbonyl (C=O) groups excluding carboxylic acids is 1. The molecule has 168 valence electrons. The Morgan fingerprint density at radius 2 is 1.45 bits per heavy atom. The third-order valence-electron chi connectivity index (χ3n) is 4.95. The minimum absolute atomic E-state index is 0.0212. The minimum atomic E-state index is -4.21. The van der Waals surface area contributed by atoms with Crippen LogP contribution in [0.5, 0.6) is 0 Å². The summed E-state index contributed by atoms with van der Waals surface area (Å²) in [5, 5.41) is 4.23. The molecular weight excluding hydrogens is 466 g/mol. The summed E-state index contributed by atoms with van der Waals surface area (Å²) in [5.74, 6) is -1.59. The summed E-state index contributed by atoms with van der Waals surface area (Å²) in [7, 11) is -2.87. The van der Waals surface area contributed by atoms with E-state index >= 15 is 0 Å². The Hall–Kier alpha value is -3.56. The Balaban J connectivity index is 1.81. The maximum Gasteiger partial charge on any atom is 0.267 e. The summed E-state index contributed by atoms with van der Waals surface area (Å²) in [5.41, 5.74) is 1.57. The van der Waals surface area contributed by atoms with Crippen LogP contribution < -0.4 is 9.62 Å². The number of benzene rings is 3. The maximum absolute atomic E-state index is 13.7. The zero-order chi connectivity index (χ0) is 23.6. The Labute approximate surface area is 194 Å². The van der Waals surface area contributed by atoms with E-state index in [0.717, 1.165) is 27.8 Å². The summed E-state index contributed by atoms with van der Waals surface area (Å²) >= 11 is 0.991. The van der Waals surface area contributed by atoms with E-state index in [2.05, 4.69) is 5.32 Å². The van der Waals surface area contributed by atoms with Crippen LogP contribution in [0.4, 0.5) is 20.2 Å². The first kappa shape index (κ1) is 22.6. The van der Waals surface area contributed by atoms with Gasteiger partial charge in [-0.1, -0.05) is 30.3 Å². The van der Waals surface area contributed by atoms with E-state index in [-0.39, 0.29) is 15.5 Å². The van der Waals surface area contributed by atoms with E-state index in [1.165, 1.54) is 43.4 Å². The molecule has 3 aromatic carbocycles. The monoisotopic (exact) mass is 484 g/mol. The molecule has 0 radical (unpaired) electrons. The Kier molecular flexibility index (Phi) is 6.26. The highest BCUT2D eigenvalue weighted by Crippen LogP contribution is 2.38. The highest BCUT2D eigenvalue weighted by molar-refractivity contribution is 7.93. The summed E-state index contributed by atoms with van der Waals surface area (Å²) in [6.45, 7) is 0. The summed E-state index contributed by atoms with van der Waals surface area (Å²) in [4.78, 5) is 12.9. The normalized spacial score (nSPS) is 11.2. The predicted molar refractivity (Wildman–Crippen MR) is 126 cm³/mol. The lowest BCUT2D eigenvalue weighted by Gasteiger charge is -2.21. The highest BCUT2D eigenvalue weighted by Gasteiger charge is 2.32. The number of halogens is 2. The predicted octanol–water partition coefficient (Wildman–Crippen LogP) is 5.77. The van der Waals surface area contributed by atoms with Crippen molar-refractivity contribution in [1.29, 1.82) is 0 Å². The average molecular weight is 485 g/mol. The molecule has 0 aliphatic rings. The molecule has 0 fully saturated rings. The molecule has 1 aromatic heterocycles. The van der Waals surface area contributed by atoms with E-state index in [9.17, 15) is 22.0 Å². The third-order valence-corrected chi connectivity index (χ3v) is 7.93. The van der Waals surface area contributed by atoms with Gasteiger partial charge in [0.2, 0.25) is 0 Å². The summed E-state index contributed by atoms with van der Waals surface area (Å²) < 4.78 is 55.0. The molecule has 4 aromatic rings. The number of thiophene rings is 1. The molecule has 33 heavy (non-hydrogen) atoms. The molecule has 1 amide bonds. The Bertz CT molecular complexity index is 1390. The Morgan fingerprint density at radius 3 is 2.06 bits per heavy atom. The number of nitrogens with one attached hydrogen (secondary N) is 1. The van der Waals surface area contributed by atoms with Crippen LogP contribution in [0.15, 0.2) is 89.1 Å². The van der Waals surface area contributed by atoms with Gasteiger partial charge in [-0.15, -0.1) is 11.3 Å². The van der Waals surface area contributed by atoms with Gasteiger partial charge in [-0.25, -0.2) is 17.2 Å². The van der Waals surface area contributed by atoms with Crippen molar-refractivity contribution in [1.82, 2.24) is 0 Å². The van der Waals surface area contributed by atoms with Crippen LogP contribution >= 0.6 is 11.3 Å². The Morgan fingerprint density at radius 1 is 0.879 bits per heavy atom. The van der Waals surface area contributed by atoms with Crippen LogP contribution in [0.2, 0.25) is 0 Å². The van der Waals surface area contributed by atoms with Gasteiger partial charge >= 0.3 is 0 Å². The lowest BCUT2D eigenvalue weighted by Crippen LogP contribution is -2.28. The SMILES string of the molecule is CN(c1ccc(F)cc1)S(=O)(=O)c1c(-c2ccccc2)csc1C(=O)Nc1ccc(F)cc1. The molecule has 0 aliphatic heterocycles. The van der Waals surface area contributed by atoms with Gasteiger partial charge in [-0.05, 0) is 54.1 Å². The van der Waals surface area contributed by atoms with Crippen molar-refractivity contribution in [3.05, 3.63) is 101 Å². The van der Waals surface area contributed by atoms with Crippen molar-refractivity contribution in [3.8, 4) is 11.1 Å². The van der Waals surface area contributed by atoms with E-state index in [1.807, 2.05) is 0 Å². The smallest absolute Gasteiger partial charge is 0.267 e. The van der Waals surface area contributed by atoms with Gasteiger partial charge in [0.15, 0.2) is 0 Å². The second kappa shape index (κ2) is 9.13. The molecule has 0 spiro atoms. The highest BCUT2D eigenvalue weighted by atomic mass is 32.2. The van der Waals surface area contributed by atoms with Gasteiger partial charge in [0, 0.05) is 23.7 Å². The molecular formula is C24H18F2N2O3S2. The van der Waals surface area contributed by atoms with Crippen LogP contribution in [0.25, 0.3) is 11.1 Å². The van der Waals surface area contributed by atoms with E-state index in [4.69, 9.17) is 0 Å². The second-order valence-electron chi connectivity index (χ2n) is 7.08. The van der Waals surface area contributed by atoms with Crippen LogP contribution in [0.1, 0.15) is 9.67 Å². The number of nitrogens with zero attached hydrogens (tertiary/aromatic N) is 1. The largest absolute Gasteiger partial charge is 0.321 e. The van der Waals surface area contributed by atoms with Crippen molar-refractivity contribution in [2.45, 2.75) is 4.90 Å². The molecule has 0 atom stereocenters. The number of anilines is 2. The number of hydrogen-bond acceptors (Lipinski definition) is 4. The fourth-order valence-electron chi connectivity index (χ4n) is 3.22. The number of sulfonamides is 1. The fourth-order valence-corrected chi connectivity index (χ4v) is 6.08. The van der Waals surface area contributed by atoms with Crippen molar-refractivity contribution >= 4 is 38.6 Å². The topological polar surface area (TPSA) is 66.5 Å². The molecule has 1 N–H and O–H groups in total. The van der Waals surface area contributed by atoms with Crippen molar-refractivity contribution < 1.29 is 22.0 Å². The minimum Gasteiger partial charge on any atom is -0.321 e. The molecule has 0 saturated heterocycles. The molecule has 1 heterocycles. The lowest BCUT2D eigenvalue weighted by molar-refractivity contribution is 0.102. The quantitative estimate of drug-likeness (QED) is 0.378. The summed E-state index contributed by atoms with van der Waals surface area (Å²) in [6, 6.07) is 19.0. The number of carbonyl (C=O) groups is 1. The molecule has 0 bridgehead atoms.